The van der Waals surface area contributed by atoms with Crippen LogP contribution in [0.1, 0.15) is 46.1 Å². The zero-order valence-corrected chi connectivity index (χ0v) is 15.0. The quantitative estimate of drug-likeness (QED) is 0.846. The molecule has 1 fully saturated rings. The van der Waals surface area contributed by atoms with E-state index < -0.39 is 12.0 Å². The number of carbonyl (C=O) groups excluding carboxylic acids is 1. The average Bonchev–Trinajstić information content (AvgIpc) is 2.93. The molecule has 1 aromatic rings. The number of ether oxygens (including phenoxy) is 3. The van der Waals surface area contributed by atoms with Gasteiger partial charge in [-0.2, -0.15) is 0 Å². The lowest BCUT2D eigenvalue weighted by Crippen LogP contribution is -2.54. The summed E-state index contributed by atoms with van der Waals surface area (Å²) in [4.78, 5) is 14.9. The summed E-state index contributed by atoms with van der Waals surface area (Å²) in [6.45, 7) is 8.75. The highest BCUT2D eigenvalue weighted by molar-refractivity contribution is 5.96. The van der Waals surface area contributed by atoms with Crippen molar-refractivity contribution < 1.29 is 19.0 Å². The fourth-order valence-electron chi connectivity index (χ4n) is 3.42. The molecule has 0 radical (unpaired) electrons. The van der Waals surface area contributed by atoms with Gasteiger partial charge in [-0.15, -0.1) is 0 Å². The molecule has 0 saturated carbocycles. The molecule has 0 spiro atoms. The molecule has 0 aromatic heterocycles. The number of carbonyl (C=O) groups is 1. The Balaban J connectivity index is 1.92. The Labute approximate surface area is 143 Å². The van der Waals surface area contributed by atoms with Gasteiger partial charge in [0.1, 0.15) is 6.10 Å². The Bertz CT molecular complexity index is 601. The second-order valence-electron chi connectivity index (χ2n) is 7.10. The summed E-state index contributed by atoms with van der Waals surface area (Å²) < 4.78 is 17.7. The molecule has 5 heteroatoms. The van der Waals surface area contributed by atoms with Crippen LogP contribution in [0.3, 0.4) is 0 Å². The minimum absolute atomic E-state index is 0.0532. The Hall–Kier alpha value is -1.43. The highest BCUT2D eigenvalue weighted by Crippen LogP contribution is 2.36. The molecular formula is C19H27NO4. The normalized spacial score (nSPS) is 26.9. The van der Waals surface area contributed by atoms with Gasteiger partial charge in [0.05, 0.1) is 18.9 Å². The molecule has 1 saturated heterocycles. The first kappa shape index (κ1) is 17.4. The van der Waals surface area contributed by atoms with Gasteiger partial charge in [0.15, 0.2) is 12.0 Å². The average molecular weight is 333 g/mol. The van der Waals surface area contributed by atoms with Crippen molar-refractivity contribution in [2.45, 2.75) is 65.3 Å². The third-order valence-corrected chi connectivity index (χ3v) is 4.64. The molecule has 132 valence electrons. The number of nitrogens with zero attached hydrogens (tertiary/aromatic N) is 1. The van der Waals surface area contributed by atoms with Crippen LogP contribution in [-0.2, 0) is 25.6 Å². The van der Waals surface area contributed by atoms with Crippen LogP contribution < -0.4 is 4.90 Å². The predicted molar refractivity (Wildman–Crippen MR) is 91.5 cm³/mol. The highest BCUT2D eigenvalue weighted by Gasteiger charge is 2.45. The van der Waals surface area contributed by atoms with Gasteiger partial charge in [0.2, 0.25) is 5.91 Å². The molecule has 5 nitrogen and oxygen atoms in total. The van der Waals surface area contributed by atoms with E-state index in [1.54, 1.807) is 4.90 Å². The zero-order chi connectivity index (χ0) is 17.3. The number of rotatable bonds is 4. The molecule has 2 aliphatic heterocycles. The van der Waals surface area contributed by atoms with E-state index in [4.69, 9.17) is 14.2 Å². The van der Waals surface area contributed by atoms with E-state index in [1.807, 2.05) is 45.0 Å². The van der Waals surface area contributed by atoms with Crippen molar-refractivity contribution in [3.63, 3.8) is 0 Å². The van der Waals surface area contributed by atoms with Gasteiger partial charge in [0.25, 0.3) is 0 Å². The van der Waals surface area contributed by atoms with Crippen molar-refractivity contribution in [2.24, 2.45) is 5.92 Å². The van der Waals surface area contributed by atoms with Crippen LogP contribution in [0.5, 0.6) is 0 Å². The minimum atomic E-state index is -0.644. The summed E-state index contributed by atoms with van der Waals surface area (Å²) in [7, 11) is 0. The molecule has 24 heavy (non-hydrogen) atoms. The van der Waals surface area contributed by atoms with Crippen LogP contribution in [0.15, 0.2) is 24.3 Å². The van der Waals surface area contributed by atoms with Crippen LogP contribution in [0.25, 0.3) is 0 Å². The third-order valence-electron chi connectivity index (χ3n) is 4.64. The maximum Gasteiger partial charge on any atom is 0.232 e. The van der Waals surface area contributed by atoms with Crippen molar-refractivity contribution >= 4 is 11.6 Å². The summed E-state index contributed by atoms with van der Waals surface area (Å²) in [6, 6.07) is 7.93. The van der Waals surface area contributed by atoms with E-state index in [2.05, 4.69) is 6.92 Å². The summed E-state index contributed by atoms with van der Waals surface area (Å²) in [5.41, 5.74) is 1.96. The van der Waals surface area contributed by atoms with E-state index in [9.17, 15) is 4.79 Å². The summed E-state index contributed by atoms with van der Waals surface area (Å²) >= 11 is 0. The van der Waals surface area contributed by atoms with E-state index in [0.717, 1.165) is 24.1 Å². The maximum atomic E-state index is 13.1. The standard InChI is InChI=1S/C19H27NO4/c1-5-8-13(2)17(21)20-15-10-7-6-9-14(15)11-22-18(20)16-12-23-19(3,4)24-16/h6-7,9-10,13,16,18H,5,8,11-12H2,1-4H3/t13-,16+,18+/m0/s1. The summed E-state index contributed by atoms with van der Waals surface area (Å²) in [5, 5.41) is 0. The van der Waals surface area contributed by atoms with Crippen LogP contribution in [0, 0.1) is 5.92 Å². The molecule has 0 N–H and O–H groups in total. The lowest BCUT2D eigenvalue weighted by atomic mass is 10.0. The van der Waals surface area contributed by atoms with Crippen molar-refractivity contribution in [2.75, 3.05) is 11.5 Å². The van der Waals surface area contributed by atoms with Gasteiger partial charge in [-0.3, -0.25) is 9.69 Å². The van der Waals surface area contributed by atoms with Gasteiger partial charge in [-0.1, -0.05) is 38.5 Å². The Morgan fingerprint density at radius 3 is 2.79 bits per heavy atom. The molecular weight excluding hydrogens is 306 g/mol. The molecule has 0 aliphatic carbocycles. The van der Waals surface area contributed by atoms with Crippen LogP contribution in [0.2, 0.25) is 0 Å². The molecule has 0 bridgehead atoms. The van der Waals surface area contributed by atoms with Gasteiger partial charge < -0.3 is 14.2 Å². The van der Waals surface area contributed by atoms with Gasteiger partial charge in [0, 0.05) is 11.5 Å². The van der Waals surface area contributed by atoms with Gasteiger partial charge in [-0.05, 0) is 26.3 Å². The van der Waals surface area contributed by atoms with E-state index in [1.165, 1.54) is 0 Å². The Morgan fingerprint density at radius 2 is 2.12 bits per heavy atom. The largest absolute Gasteiger partial charge is 0.350 e. The van der Waals surface area contributed by atoms with Gasteiger partial charge >= 0.3 is 0 Å². The van der Waals surface area contributed by atoms with Crippen LogP contribution in [-0.4, -0.2) is 30.6 Å². The number of benzene rings is 1. The first-order chi connectivity index (χ1) is 11.4. The number of amides is 1. The molecule has 2 heterocycles. The summed E-state index contributed by atoms with van der Waals surface area (Å²) in [6.07, 6.45) is 1.10. The zero-order valence-electron chi connectivity index (χ0n) is 15.0. The molecule has 3 atom stereocenters. The van der Waals surface area contributed by atoms with Crippen LogP contribution in [0.4, 0.5) is 5.69 Å². The molecule has 2 aliphatic rings. The lowest BCUT2D eigenvalue weighted by Gasteiger charge is -2.40. The molecule has 1 aromatic carbocycles. The van der Waals surface area contributed by atoms with E-state index >= 15 is 0 Å². The van der Waals surface area contributed by atoms with E-state index in [0.29, 0.717) is 13.2 Å². The third kappa shape index (κ3) is 3.34. The minimum Gasteiger partial charge on any atom is -0.350 e. The number of hydrogen-bond acceptors (Lipinski definition) is 4. The number of hydrogen-bond donors (Lipinski definition) is 0. The Morgan fingerprint density at radius 1 is 1.38 bits per heavy atom. The fraction of sp³-hybridized carbons (Fsp3) is 0.632. The highest BCUT2D eigenvalue weighted by atomic mass is 16.8. The summed E-state index contributed by atoms with van der Waals surface area (Å²) in [5.74, 6) is -0.612. The number of fused-ring (bicyclic) bond motifs is 1. The Kier molecular flexibility index (Phi) is 4.95. The van der Waals surface area contributed by atoms with Crippen molar-refractivity contribution in [1.29, 1.82) is 0 Å². The second-order valence-corrected chi connectivity index (χ2v) is 7.10. The monoisotopic (exact) mass is 333 g/mol. The first-order valence-corrected chi connectivity index (χ1v) is 8.77. The SMILES string of the molecule is CCC[C@H](C)C(=O)N1c2ccccc2CO[C@@H]1[C@H]1COC(C)(C)O1. The van der Waals surface area contributed by atoms with Gasteiger partial charge in [-0.25, -0.2) is 0 Å². The predicted octanol–water partition coefficient (Wildman–Crippen LogP) is 3.46. The molecule has 0 unspecified atom stereocenters. The van der Waals surface area contributed by atoms with Crippen LogP contribution >= 0.6 is 0 Å². The number of para-hydroxylation sites is 1. The smallest absolute Gasteiger partial charge is 0.232 e. The molecule has 3 rings (SSSR count). The molecule has 1 amide bonds. The second kappa shape index (κ2) is 6.82. The fourth-order valence-corrected chi connectivity index (χ4v) is 3.42. The van der Waals surface area contributed by atoms with E-state index in [-0.39, 0.29) is 17.9 Å². The maximum absolute atomic E-state index is 13.1. The van der Waals surface area contributed by atoms with Crippen molar-refractivity contribution in [1.82, 2.24) is 0 Å². The number of anilines is 1. The van der Waals surface area contributed by atoms with Crippen molar-refractivity contribution in [3.8, 4) is 0 Å². The lowest BCUT2D eigenvalue weighted by molar-refractivity contribution is -0.162. The first-order valence-electron chi connectivity index (χ1n) is 8.77. The topological polar surface area (TPSA) is 48.0 Å². The van der Waals surface area contributed by atoms with Crippen molar-refractivity contribution in [3.05, 3.63) is 29.8 Å².